The standard InChI is InChI=1S/C16H21N3O/c1-11-14(9-18-12-5-4-6-12)13-7-2-3-8-15(13)19(11)10-16(17)20/h2-3,7-8,12,18H,4-6,9-10H2,1H3,(H2,17,20). The fourth-order valence-corrected chi connectivity index (χ4v) is 2.94. The number of carbonyl (C=O) groups is 1. The van der Waals surface area contributed by atoms with Gasteiger partial charge in [-0.2, -0.15) is 0 Å². The molecule has 4 nitrogen and oxygen atoms in total. The third kappa shape index (κ3) is 2.31. The molecule has 1 aromatic carbocycles. The summed E-state index contributed by atoms with van der Waals surface area (Å²) in [5, 5.41) is 4.83. The number of benzene rings is 1. The molecule has 0 saturated heterocycles. The number of rotatable bonds is 5. The summed E-state index contributed by atoms with van der Waals surface area (Å²) in [7, 11) is 0. The minimum absolute atomic E-state index is 0.246. The van der Waals surface area contributed by atoms with Crippen LogP contribution >= 0.6 is 0 Å². The summed E-state index contributed by atoms with van der Waals surface area (Å²) < 4.78 is 2.02. The highest BCUT2D eigenvalue weighted by molar-refractivity contribution is 5.87. The van der Waals surface area contributed by atoms with Gasteiger partial charge in [0.15, 0.2) is 0 Å². The zero-order valence-electron chi connectivity index (χ0n) is 11.9. The van der Waals surface area contributed by atoms with Crippen molar-refractivity contribution >= 4 is 16.8 Å². The van der Waals surface area contributed by atoms with E-state index in [1.807, 2.05) is 16.7 Å². The van der Waals surface area contributed by atoms with Crippen LogP contribution in [0.2, 0.25) is 0 Å². The fourth-order valence-electron chi connectivity index (χ4n) is 2.94. The molecule has 1 amide bonds. The van der Waals surface area contributed by atoms with Crippen molar-refractivity contribution in [3.8, 4) is 0 Å². The third-order valence-electron chi connectivity index (χ3n) is 4.35. The monoisotopic (exact) mass is 271 g/mol. The number of fused-ring (bicyclic) bond motifs is 1. The number of nitrogens with two attached hydrogens (primary N) is 1. The second-order valence-electron chi connectivity index (χ2n) is 5.64. The lowest BCUT2D eigenvalue weighted by molar-refractivity contribution is -0.118. The molecule has 0 unspecified atom stereocenters. The Morgan fingerprint density at radius 3 is 2.80 bits per heavy atom. The van der Waals surface area contributed by atoms with Gasteiger partial charge in [0, 0.05) is 29.2 Å². The SMILES string of the molecule is Cc1c(CNC2CCC2)c2ccccc2n1CC(N)=O. The molecule has 1 aliphatic carbocycles. The molecule has 20 heavy (non-hydrogen) atoms. The number of hydrogen-bond donors (Lipinski definition) is 2. The fraction of sp³-hybridized carbons (Fsp3) is 0.438. The summed E-state index contributed by atoms with van der Waals surface area (Å²) in [6.45, 7) is 3.18. The Balaban J connectivity index is 1.96. The van der Waals surface area contributed by atoms with Crippen molar-refractivity contribution in [3.63, 3.8) is 0 Å². The summed E-state index contributed by atoms with van der Waals surface area (Å²) in [5.41, 5.74) is 8.88. The van der Waals surface area contributed by atoms with Crippen molar-refractivity contribution in [2.75, 3.05) is 0 Å². The lowest BCUT2D eigenvalue weighted by Crippen LogP contribution is -2.34. The first-order valence-corrected chi connectivity index (χ1v) is 7.25. The van der Waals surface area contributed by atoms with Crippen molar-refractivity contribution in [1.82, 2.24) is 9.88 Å². The van der Waals surface area contributed by atoms with Crippen LogP contribution < -0.4 is 11.1 Å². The van der Waals surface area contributed by atoms with Crippen molar-refractivity contribution in [1.29, 1.82) is 0 Å². The largest absolute Gasteiger partial charge is 0.368 e. The lowest BCUT2D eigenvalue weighted by atomic mass is 9.93. The molecule has 3 rings (SSSR count). The number of nitrogens with zero attached hydrogens (tertiary/aromatic N) is 1. The molecule has 1 saturated carbocycles. The molecular formula is C16H21N3O. The van der Waals surface area contributed by atoms with Crippen molar-refractivity contribution < 1.29 is 4.79 Å². The lowest BCUT2D eigenvalue weighted by Gasteiger charge is -2.26. The Morgan fingerprint density at radius 2 is 2.15 bits per heavy atom. The van der Waals surface area contributed by atoms with E-state index >= 15 is 0 Å². The summed E-state index contributed by atoms with van der Waals surface area (Å²) >= 11 is 0. The van der Waals surface area contributed by atoms with E-state index in [0.717, 1.165) is 17.8 Å². The molecule has 106 valence electrons. The highest BCUT2D eigenvalue weighted by atomic mass is 16.1. The van der Waals surface area contributed by atoms with Crippen LogP contribution in [0.15, 0.2) is 24.3 Å². The first kappa shape index (κ1) is 13.2. The summed E-state index contributed by atoms with van der Waals surface area (Å²) in [6, 6.07) is 8.88. The summed E-state index contributed by atoms with van der Waals surface area (Å²) in [6.07, 6.45) is 3.89. The van der Waals surface area contributed by atoms with Gasteiger partial charge in [0.2, 0.25) is 5.91 Å². The Hall–Kier alpha value is -1.81. The first-order chi connectivity index (χ1) is 9.66. The molecule has 0 aliphatic heterocycles. The van der Waals surface area contributed by atoms with Crippen LogP contribution in [0.4, 0.5) is 0 Å². The minimum Gasteiger partial charge on any atom is -0.368 e. The Kier molecular flexibility index (Phi) is 3.49. The molecule has 0 radical (unpaired) electrons. The number of para-hydroxylation sites is 1. The third-order valence-corrected chi connectivity index (χ3v) is 4.35. The molecule has 1 aliphatic rings. The second kappa shape index (κ2) is 5.29. The van der Waals surface area contributed by atoms with Crippen LogP contribution in [-0.4, -0.2) is 16.5 Å². The van der Waals surface area contributed by atoms with E-state index in [-0.39, 0.29) is 12.5 Å². The van der Waals surface area contributed by atoms with Gasteiger partial charge in [-0.1, -0.05) is 24.6 Å². The smallest absolute Gasteiger partial charge is 0.237 e. The van der Waals surface area contributed by atoms with E-state index in [1.165, 1.54) is 30.2 Å². The van der Waals surface area contributed by atoms with Gasteiger partial charge in [-0.25, -0.2) is 0 Å². The molecular weight excluding hydrogens is 250 g/mol. The zero-order valence-corrected chi connectivity index (χ0v) is 11.9. The van der Waals surface area contributed by atoms with Gasteiger partial charge in [0.1, 0.15) is 6.54 Å². The van der Waals surface area contributed by atoms with Crippen LogP contribution in [0.1, 0.15) is 30.5 Å². The maximum atomic E-state index is 11.3. The van der Waals surface area contributed by atoms with Crippen LogP contribution in [-0.2, 0) is 17.9 Å². The van der Waals surface area contributed by atoms with E-state index in [0.29, 0.717) is 6.04 Å². The Morgan fingerprint density at radius 1 is 1.40 bits per heavy atom. The van der Waals surface area contributed by atoms with Crippen LogP contribution in [0.5, 0.6) is 0 Å². The average molecular weight is 271 g/mol. The predicted molar refractivity (Wildman–Crippen MR) is 80.3 cm³/mol. The van der Waals surface area contributed by atoms with Gasteiger partial charge in [-0.05, 0) is 31.4 Å². The second-order valence-corrected chi connectivity index (χ2v) is 5.64. The van der Waals surface area contributed by atoms with Gasteiger partial charge in [-0.15, -0.1) is 0 Å². The molecule has 4 heteroatoms. The van der Waals surface area contributed by atoms with Crippen LogP contribution in [0.3, 0.4) is 0 Å². The maximum absolute atomic E-state index is 11.3. The molecule has 0 bridgehead atoms. The average Bonchev–Trinajstić information content (AvgIpc) is 2.62. The van der Waals surface area contributed by atoms with Gasteiger partial charge in [0.25, 0.3) is 0 Å². The minimum atomic E-state index is -0.299. The van der Waals surface area contributed by atoms with Gasteiger partial charge >= 0.3 is 0 Å². The number of carbonyl (C=O) groups excluding carboxylic acids is 1. The number of primary amides is 1. The van der Waals surface area contributed by atoms with E-state index < -0.39 is 0 Å². The van der Waals surface area contributed by atoms with Gasteiger partial charge < -0.3 is 15.6 Å². The summed E-state index contributed by atoms with van der Waals surface area (Å²) in [5.74, 6) is -0.299. The normalized spacial score (nSPS) is 15.4. The highest BCUT2D eigenvalue weighted by Crippen LogP contribution is 2.27. The van der Waals surface area contributed by atoms with E-state index in [1.54, 1.807) is 0 Å². The molecule has 2 aromatic rings. The zero-order chi connectivity index (χ0) is 14.1. The van der Waals surface area contributed by atoms with Gasteiger partial charge in [0.05, 0.1) is 0 Å². The Labute approximate surface area is 118 Å². The quantitative estimate of drug-likeness (QED) is 0.874. The van der Waals surface area contributed by atoms with Crippen molar-refractivity contribution in [2.45, 2.75) is 45.3 Å². The number of nitrogens with one attached hydrogen (secondary N) is 1. The predicted octanol–water partition coefficient (Wildman–Crippen LogP) is 2.08. The van der Waals surface area contributed by atoms with E-state index in [2.05, 4.69) is 24.4 Å². The van der Waals surface area contributed by atoms with E-state index in [9.17, 15) is 4.79 Å². The molecule has 3 N–H and O–H groups in total. The molecule has 1 aromatic heterocycles. The topological polar surface area (TPSA) is 60.1 Å². The number of hydrogen-bond acceptors (Lipinski definition) is 2. The molecule has 0 spiro atoms. The molecule has 1 fully saturated rings. The van der Waals surface area contributed by atoms with Crippen LogP contribution in [0, 0.1) is 6.92 Å². The molecule has 0 atom stereocenters. The van der Waals surface area contributed by atoms with E-state index in [4.69, 9.17) is 5.73 Å². The Bertz CT molecular complexity index is 640. The number of amides is 1. The van der Waals surface area contributed by atoms with Crippen LogP contribution in [0.25, 0.3) is 10.9 Å². The van der Waals surface area contributed by atoms with Gasteiger partial charge in [-0.3, -0.25) is 4.79 Å². The first-order valence-electron chi connectivity index (χ1n) is 7.25. The van der Waals surface area contributed by atoms with Crippen molar-refractivity contribution in [3.05, 3.63) is 35.5 Å². The maximum Gasteiger partial charge on any atom is 0.237 e. The number of aromatic nitrogens is 1. The summed E-state index contributed by atoms with van der Waals surface area (Å²) in [4.78, 5) is 11.3. The highest BCUT2D eigenvalue weighted by Gasteiger charge is 2.19. The van der Waals surface area contributed by atoms with Crippen molar-refractivity contribution in [2.24, 2.45) is 5.73 Å². The molecule has 1 heterocycles.